The van der Waals surface area contributed by atoms with Gasteiger partial charge in [0.2, 0.25) is 5.91 Å². The summed E-state index contributed by atoms with van der Waals surface area (Å²) < 4.78 is 69.5. The molecule has 216 valence electrons. The molecule has 1 unspecified atom stereocenters. The molecule has 1 aromatic carbocycles. The van der Waals surface area contributed by atoms with Gasteiger partial charge in [0.15, 0.2) is 6.10 Å². The number of nitrogens with zero attached hydrogens (tertiary/aromatic N) is 4. The van der Waals surface area contributed by atoms with E-state index in [1.165, 1.54) is 29.5 Å². The summed E-state index contributed by atoms with van der Waals surface area (Å²) in [4.78, 5) is 37.3. The molecule has 0 radical (unpaired) electrons. The van der Waals surface area contributed by atoms with Crippen molar-refractivity contribution in [3.63, 3.8) is 0 Å². The quantitative estimate of drug-likeness (QED) is 0.342. The first-order valence-corrected chi connectivity index (χ1v) is 14.2. The van der Waals surface area contributed by atoms with Crippen LogP contribution in [0.5, 0.6) is 0 Å². The molecule has 0 N–H and O–H groups in total. The monoisotopic (exact) mass is 592 g/mol. The van der Waals surface area contributed by atoms with E-state index in [0.717, 1.165) is 21.8 Å². The number of benzene rings is 1. The largest absolute Gasteiger partial charge is 0.417 e. The Hall–Kier alpha value is -3.61. The lowest BCUT2D eigenvalue weighted by Crippen LogP contribution is -2.41. The Labute approximate surface area is 235 Å². The van der Waals surface area contributed by atoms with Crippen molar-refractivity contribution in [1.82, 2.24) is 14.5 Å². The van der Waals surface area contributed by atoms with E-state index in [2.05, 4.69) is 10.1 Å². The fourth-order valence-electron chi connectivity index (χ4n) is 5.35. The van der Waals surface area contributed by atoms with Gasteiger partial charge in [-0.15, -0.1) is 11.3 Å². The number of hydrogen-bond donors (Lipinski definition) is 0. The van der Waals surface area contributed by atoms with Crippen LogP contribution in [0.1, 0.15) is 77.4 Å². The lowest BCUT2D eigenvalue weighted by Gasteiger charge is -2.31. The predicted octanol–water partition coefficient (Wildman–Crippen LogP) is 5.75. The molecule has 2 aliphatic heterocycles. The Morgan fingerprint density at radius 1 is 1.07 bits per heavy atom. The van der Waals surface area contributed by atoms with E-state index in [-0.39, 0.29) is 29.4 Å². The van der Waals surface area contributed by atoms with Gasteiger partial charge in [-0.25, -0.2) is 13.8 Å². The maximum atomic E-state index is 14.2. The maximum absolute atomic E-state index is 14.2. The zero-order valence-corrected chi connectivity index (χ0v) is 22.5. The van der Waals surface area contributed by atoms with Gasteiger partial charge in [-0.05, 0) is 49.8 Å². The Balaban J connectivity index is 1.07. The Kier molecular flexibility index (Phi) is 7.16. The number of hydrogen-bond acceptors (Lipinski definition) is 6. The number of thiazole rings is 1. The van der Waals surface area contributed by atoms with Crippen molar-refractivity contribution < 1.29 is 31.6 Å². The molecule has 6 rings (SSSR count). The number of aromatic nitrogens is 2. The fraction of sp³-hybridized carbons (Fsp3) is 0.429. The summed E-state index contributed by atoms with van der Waals surface area (Å²) in [6.45, 7) is 0.304. The Morgan fingerprint density at radius 2 is 1.78 bits per heavy atom. The molecule has 3 aliphatic rings. The normalized spacial score (nSPS) is 19.8. The Morgan fingerprint density at radius 3 is 2.44 bits per heavy atom. The number of carbonyl (C=O) groups excluding carboxylic acids is 1. The van der Waals surface area contributed by atoms with Crippen LogP contribution in [0.2, 0.25) is 0 Å². The van der Waals surface area contributed by atoms with Crippen LogP contribution < -0.4 is 5.56 Å². The minimum absolute atomic E-state index is 0.0540. The highest BCUT2D eigenvalue weighted by Gasteiger charge is 2.36. The van der Waals surface area contributed by atoms with Crippen LogP contribution in [0.3, 0.4) is 0 Å². The molecule has 4 heterocycles. The highest BCUT2D eigenvalue weighted by molar-refractivity contribution is 7.10. The zero-order chi connectivity index (χ0) is 28.9. The van der Waals surface area contributed by atoms with Gasteiger partial charge in [-0.1, -0.05) is 11.2 Å². The number of oxime groups is 1. The summed E-state index contributed by atoms with van der Waals surface area (Å²) in [6.07, 6.45) is -2.07. The molecule has 0 bridgehead atoms. The fourth-order valence-corrected chi connectivity index (χ4v) is 6.35. The van der Waals surface area contributed by atoms with Crippen LogP contribution in [-0.2, 0) is 22.4 Å². The number of rotatable bonds is 6. The third-order valence-electron chi connectivity index (χ3n) is 7.77. The number of alkyl halides is 3. The smallest absolute Gasteiger partial charge is 0.387 e. The molecule has 0 spiro atoms. The van der Waals surface area contributed by atoms with Gasteiger partial charge >= 0.3 is 6.18 Å². The highest BCUT2D eigenvalue weighted by atomic mass is 32.1. The topological polar surface area (TPSA) is 76.8 Å². The van der Waals surface area contributed by atoms with E-state index in [1.54, 1.807) is 4.90 Å². The maximum Gasteiger partial charge on any atom is 0.417 e. The van der Waals surface area contributed by atoms with E-state index in [9.17, 15) is 31.5 Å². The van der Waals surface area contributed by atoms with Gasteiger partial charge in [0.05, 0.1) is 21.8 Å². The summed E-state index contributed by atoms with van der Waals surface area (Å²) >= 11 is 1.42. The predicted molar refractivity (Wildman–Crippen MR) is 140 cm³/mol. The first kappa shape index (κ1) is 27.6. The van der Waals surface area contributed by atoms with Crippen LogP contribution >= 0.6 is 11.3 Å². The summed E-state index contributed by atoms with van der Waals surface area (Å²) in [7, 11) is 0. The molecular weight excluding hydrogens is 567 g/mol. The van der Waals surface area contributed by atoms with Gasteiger partial charge in [0.1, 0.15) is 23.9 Å². The summed E-state index contributed by atoms with van der Waals surface area (Å²) in [5.74, 6) is -1.94. The second-order valence-electron chi connectivity index (χ2n) is 10.6. The number of carbonyl (C=O) groups is 1. The summed E-state index contributed by atoms with van der Waals surface area (Å²) in [5.41, 5.74) is -0.461. The van der Waals surface area contributed by atoms with Gasteiger partial charge in [0, 0.05) is 42.6 Å². The number of piperidine rings is 1. The van der Waals surface area contributed by atoms with Gasteiger partial charge < -0.3 is 14.3 Å². The van der Waals surface area contributed by atoms with Crippen molar-refractivity contribution in [1.29, 1.82) is 0 Å². The van der Waals surface area contributed by atoms with Gasteiger partial charge in [-0.3, -0.25) is 9.59 Å². The molecule has 2 fully saturated rings. The van der Waals surface area contributed by atoms with E-state index < -0.39 is 47.5 Å². The second-order valence-corrected chi connectivity index (χ2v) is 11.5. The first-order valence-electron chi connectivity index (χ1n) is 13.3. The van der Waals surface area contributed by atoms with Gasteiger partial charge in [0.25, 0.3) is 5.56 Å². The second kappa shape index (κ2) is 10.7. The molecule has 7 nitrogen and oxygen atoms in total. The molecule has 2 aromatic heterocycles. The van der Waals surface area contributed by atoms with E-state index in [0.29, 0.717) is 50.2 Å². The van der Waals surface area contributed by atoms with Crippen LogP contribution in [0, 0.1) is 11.6 Å². The molecule has 1 atom stereocenters. The zero-order valence-electron chi connectivity index (χ0n) is 21.7. The van der Waals surface area contributed by atoms with Crippen molar-refractivity contribution in [2.45, 2.75) is 62.8 Å². The van der Waals surface area contributed by atoms with Gasteiger partial charge in [-0.2, -0.15) is 13.2 Å². The summed E-state index contributed by atoms with van der Waals surface area (Å²) in [6, 6.07) is 4.53. The van der Waals surface area contributed by atoms with Crippen molar-refractivity contribution in [3.8, 4) is 0 Å². The van der Waals surface area contributed by atoms with E-state index >= 15 is 0 Å². The SMILES string of the molecule is O=C(Cn1cc(C(F)(F)F)cc(C2CC2)c1=O)N1CCC(c2nc(C3=NOC(c4c(F)cccc4F)C3)cs2)CC1. The number of pyridine rings is 1. The lowest BCUT2D eigenvalue weighted by molar-refractivity contribution is -0.139. The lowest BCUT2D eigenvalue weighted by atomic mass is 9.97. The van der Waals surface area contributed by atoms with Crippen LogP contribution in [0.15, 0.2) is 45.8 Å². The minimum Gasteiger partial charge on any atom is -0.387 e. The molecule has 3 aromatic rings. The highest BCUT2D eigenvalue weighted by Crippen LogP contribution is 2.40. The van der Waals surface area contributed by atoms with Crippen LogP contribution in [-0.4, -0.2) is 39.2 Å². The molecule has 1 aliphatic carbocycles. The van der Waals surface area contributed by atoms with E-state index in [4.69, 9.17) is 4.84 Å². The molecule has 41 heavy (non-hydrogen) atoms. The van der Waals surface area contributed by atoms with Crippen molar-refractivity contribution in [2.24, 2.45) is 5.16 Å². The number of amides is 1. The third-order valence-corrected chi connectivity index (χ3v) is 8.78. The Bertz CT molecular complexity index is 1550. The van der Waals surface area contributed by atoms with Crippen LogP contribution in [0.4, 0.5) is 22.0 Å². The van der Waals surface area contributed by atoms with Crippen molar-refractivity contribution >= 4 is 23.0 Å². The average Bonchev–Trinajstić information content (AvgIpc) is 3.45. The number of halogens is 5. The minimum atomic E-state index is -4.61. The standard InChI is InChI=1S/C28H25F5N4O3S/c29-19-2-1-3-20(30)25(19)23-11-21(35-40-23)22-14-41-26(34-22)16-6-8-36(9-7-16)24(38)13-37-12-17(28(31,32)33)10-18(27(37)39)15-4-5-15/h1-3,10,12,14-16,23H,4-9,11,13H2. The molecular formula is C28H25F5N4O3S. The average molecular weight is 593 g/mol. The number of likely N-dealkylation sites (tertiary alicyclic amines) is 1. The summed E-state index contributed by atoms with van der Waals surface area (Å²) in [5, 5.41) is 6.65. The molecule has 13 heteroatoms. The third kappa shape index (κ3) is 5.64. The first-order chi connectivity index (χ1) is 19.6. The van der Waals surface area contributed by atoms with Crippen molar-refractivity contribution in [2.75, 3.05) is 13.1 Å². The molecule has 1 saturated heterocycles. The molecule has 1 saturated carbocycles. The molecule has 1 amide bonds. The van der Waals surface area contributed by atoms with Crippen LogP contribution in [0.25, 0.3) is 0 Å². The van der Waals surface area contributed by atoms with Crippen molar-refractivity contribution in [3.05, 3.63) is 85.2 Å². The van der Waals surface area contributed by atoms with E-state index in [1.807, 2.05) is 5.38 Å².